The van der Waals surface area contributed by atoms with Gasteiger partial charge < -0.3 is 5.32 Å². The molecule has 2 heterocycles. The number of unbranched alkanes of at least 4 members (excludes halogenated alkanes) is 1. The SMILES string of the molecule is CCC/C=C(\C)c1ccc(NC(=O)c2ncn3c2N=C(C)CCC=C3C)cc1. The molecule has 0 fully saturated rings. The molecule has 0 saturated heterocycles. The van der Waals surface area contributed by atoms with Crippen LogP contribution in [0, 0.1) is 0 Å². The van der Waals surface area contributed by atoms with Crippen molar-refractivity contribution < 1.29 is 4.79 Å². The first-order chi connectivity index (χ1) is 13.5. The molecule has 1 aromatic carbocycles. The van der Waals surface area contributed by atoms with Crippen LogP contribution in [-0.2, 0) is 0 Å². The maximum atomic E-state index is 12.8. The van der Waals surface area contributed by atoms with Crippen molar-refractivity contribution in [3.63, 3.8) is 0 Å². The quantitative estimate of drug-likeness (QED) is 0.687. The summed E-state index contributed by atoms with van der Waals surface area (Å²) in [4.78, 5) is 21.8. The van der Waals surface area contributed by atoms with Crippen molar-refractivity contribution in [2.24, 2.45) is 4.99 Å². The Morgan fingerprint density at radius 2 is 2.00 bits per heavy atom. The fraction of sp³-hybridized carbons (Fsp3) is 0.348. The number of fused-ring (bicyclic) bond motifs is 1. The lowest BCUT2D eigenvalue weighted by atomic mass is 10.1. The number of anilines is 1. The summed E-state index contributed by atoms with van der Waals surface area (Å²) in [6.07, 6.45) is 10.1. The van der Waals surface area contributed by atoms with Crippen LogP contribution in [0.4, 0.5) is 11.5 Å². The average Bonchev–Trinajstić information content (AvgIpc) is 3.08. The van der Waals surface area contributed by atoms with Crippen LogP contribution in [0.3, 0.4) is 0 Å². The van der Waals surface area contributed by atoms with E-state index in [0.717, 1.165) is 42.8 Å². The molecule has 5 nitrogen and oxygen atoms in total. The number of carbonyl (C=O) groups excluding carboxylic acids is 1. The van der Waals surface area contributed by atoms with Crippen molar-refractivity contribution in [3.05, 3.63) is 54.0 Å². The summed E-state index contributed by atoms with van der Waals surface area (Å²) < 4.78 is 1.88. The minimum atomic E-state index is -0.246. The van der Waals surface area contributed by atoms with Gasteiger partial charge in [0.15, 0.2) is 11.5 Å². The van der Waals surface area contributed by atoms with Gasteiger partial charge in [0.1, 0.15) is 6.33 Å². The lowest BCUT2D eigenvalue weighted by Gasteiger charge is -2.11. The molecule has 0 radical (unpaired) electrons. The predicted molar refractivity (Wildman–Crippen MR) is 117 cm³/mol. The smallest absolute Gasteiger partial charge is 0.278 e. The van der Waals surface area contributed by atoms with Crippen LogP contribution in [-0.4, -0.2) is 21.2 Å². The van der Waals surface area contributed by atoms with E-state index in [-0.39, 0.29) is 5.91 Å². The Morgan fingerprint density at radius 3 is 2.71 bits per heavy atom. The second-order valence-corrected chi connectivity index (χ2v) is 7.23. The van der Waals surface area contributed by atoms with Crippen molar-refractivity contribution in [1.29, 1.82) is 0 Å². The van der Waals surface area contributed by atoms with Crippen molar-refractivity contribution in [3.8, 4) is 0 Å². The Balaban J connectivity index is 1.81. The number of aliphatic imine (C=N–C) groups is 1. The largest absolute Gasteiger partial charge is 0.321 e. The first-order valence-corrected chi connectivity index (χ1v) is 9.86. The second kappa shape index (κ2) is 8.83. The molecule has 2 aromatic rings. The molecule has 28 heavy (non-hydrogen) atoms. The zero-order valence-electron chi connectivity index (χ0n) is 17.1. The summed E-state index contributed by atoms with van der Waals surface area (Å²) in [7, 11) is 0. The van der Waals surface area contributed by atoms with E-state index in [2.05, 4.69) is 41.3 Å². The standard InChI is InChI=1S/C23H28N4O/c1-5-6-8-16(2)19-11-13-20(14-12-19)26-23(28)21-22-25-17(3)9-7-10-18(4)27(22)15-24-21/h8,10-15H,5-7,9H2,1-4H3,(H,26,28)/b16-8+,18-10?,25-17?. The van der Waals surface area contributed by atoms with Crippen LogP contribution in [0.15, 0.2) is 47.7 Å². The van der Waals surface area contributed by atoms with Gasteiger partial charge in [-0.2, -0.15) is 0 Å². The highest BCUT2D eigenvalue weighted by Gasteiger charge is 2.20. The lowest BCUT2D eigenvalue weighted by Crippen LogP contribution is -2.13. The Bertz CT molecular complexity index is 945. The fourth-order valence-corrected chi connectivity index (χ4v) is 3.18. The van der Waals surface area contributed by atoms with Crippen LogP contribution < -0.4 is 5.32 Å². The van der Waals surface area contributed by atoms with E-state index < -0.39 is 0 Å². The maximum Gasteiger partial charge on any atom is 0.278 e. The number of imidazole rings is 1. The van der Waals surface area contributed by atoms with Gasteiger partial charge in [0.05, 0.1) is 0 Å². The molecule has 1 aromatic heterocycles. The fourth-order valence-electron chi connectivity index (χ4n) is 3.18. The number of rotatable bonds is 5. The van der Waals surface area contributed by atoms with Crippen molar-refractivity contribution in [2.45, 2.75) is 53.4 Å². The highest BCUT2D eigenvalue weighted by molar-refractivity contribution is 6.06. The monoisotopic (exact) mass is 376 g/mol. The number of benzene rings is 1. The predicted octanol–water partition coefficient (Wildman–Crippen LogP) is 6.09. The van der Waals surface area contributed by atoms with Gasteiger partial charge in [-0.1, -0.05) is 37.6 Å². The summed E-state index contributed by atoms with van der Waals surface area (Å²) in [5.74, 6) is 0.350. The minimum Gasteiger partial charge on any atom is -0.321 e. The van der Waals surface area contributed by atoms with Gasteiger partial charge in [-0.05, 0) is 63.3 Å². The van der Waals surface area contributed by atoms with Gasteiger partial charge in [-0.15, -0.1) is 0 Å². The Hall–Kier alpha value is -2.95. The number of hydrogen-bond acceptors (Lipinski definition) is 3. The molecule has 0 bridgehead atoms. The molecule has 1 aliphatic heterocycles. The van der Waals surface area contributed by atoms with Gasteiger partial charge in [0.2, 0.25) is 0 Å². The summed E-state index contributed by atoms with van der Waals surface area (Å²) >= 11 is 0. The molecule has 0 aliphatic carbocycles. The van der Waals surface area contributed by atoms with E-state index in [4.69, 9.17) is 0 Å². The molecule has 5 heteroatoms. The highest BCUT2D eigenvalue weighted by Crippen LogP contribution is 2.26. The number of carbonyl (C=O) groups is 1. The van der Waals surface area contributed by atoms with Crippen molar-refractivity contribution in [1.82, 2.24) is 9.55 Å². The van der Waals surface area contributed by atoms with Crippen LogP contribution in [0.1, 0.15) is 69.4 Å². The molecular formula is C23H28N4O. The Kier molecular flexibility index (Phi) is 6.24. The van der Waals surface area contributed by atoms with Crippen LogP contribution in [0.25, 0.3) is 11.3 Å². The first-order valence-electron chi connectivity index (χ1n) is 9.86. The molecule has 1 aliphatic rings. The first kappa shape index (κ1) is 19.8. The van der Waals surface area contributed by atoms with Gasteiger partial charge in [0.25, 0.3) is 5.91 Å². The minimum absolute atomic E-state index is 0.246. The van der Waals surface area contributed by atoms with Crippen LogP contribution in [0.5, 0.6) is 0 Å². The zero-order valence-corrected chi connectivity index (χ0v) is 17.1. The normalized spacial score (nSPS) is 14.5. The second-order valence-electron chi connectivity index (χ2n) is 7.23. The van der Waals surface area contributed by atoms with Crippen LogP contribution in [0.2, 0.25) is 0 Å². The van der Waals surface area contributed by atoms with E-state index in [1.54, 1.807) is 6.33 Å². The number of hydrogen-bond donors (Lipinski definition) is 1. The number of allylic oxidation sites excluding steroid dienone is 4. The van der Waals surface area contributed by atoms with E-state index in [1.807, 2.05) is 42.7 Å². The third-order valence-corrected chi connectivity index (χ3v) is 4.92. The molecule has 1 amide bonds. The molecule has 0 unspecified atom stereocenters. The number of aromatic nitrogens is 2. The van der Waals surface area contributed by atoms with Gasteiger partial charge in [-0.3, -0.25) is 9.36 Å². The Morgan fingerprint density at radius 1 is 1.25 bits per heavy atom. The highest BCUT2D eigenvalue weighted by atomic mass is 16.1. The molecule has 3 rings (SSSR count). The topological polar surface area (TPSA) is 59.3 Å². The molecule has 0 spiro atoms. The Labute approximate surface area is 166 Å². The molecule has 0 saturated carbocycles. The van der Waals surface area contributed by atoms with Crippen molar-refractivity contribution >= 4 is 34.4 Å². The molecule has 146 valence electrons. The third kappa shape index (κ3) is 4.47. The van der Waals surface area contributed by atoms with E-state index in [9.17, 15) is 4.79 Å². The molecular weight excluding hydrogens is 348 g/mol. The van der Waals surface area contributed by atoms with E-state index in [0.29, 0.717) is 11.5 Å². The number of nitrogens with zero attached hydrogens (tertiary/aromatic N) is 3. The summed E-state index contributed by atoms with van der Waals surface area (Å²) in [6.45, 7) is 8.28. The van der Waals surface area contributed by atoms with E-state index in [1.165, 1.54) is 11.1 Å². The molecule has 0 atom stereocenters. The van der Waals surface area contributed by atoms with Gasteiger partial charge in [-0.25, -0.2) is 9.98 Å². The summed E-state index contributed by atoms with van der Waals surface area (Å²) in [6, 6.07) is 7.92. The van der Waals surface area contributed by atoms with E-state index >= 15 is 0 Å². The summed E-state index contributed by atoms with van der Waals surface area (Å²) in [5, 5.41) is 2.95. The molecule has 1 N–H and O–H groups in total. The van der Waals surface area contributed by atoms with Crippen LogP contribution >= 0.6 is 0 Å². The van der Waals surface area contributed by atoms with Gasteiger partial charge in [0, 0.05) is 17.1 Å². The van der Waals surface area contributed by atoms with Gasteiger partial charge >= 0.3 is 0 Å². The number of nitrogens with one attached hydrogen (secondary N) is 1. The zero-order chi connectivity index (χ0) is 20.1. The number of amides is 1. The summed E-state index contributed by atoms with van der Waals surface area (Å²) in [5.41, 5.74) is 5.55. The average molecular weight is 377 g/mol. The third-order valence-electron chi connectivity index (χ3n) is 4.92. The maximum absolute atomic E-state index is 12.8. The van der Waals surface area contributed by atoms with Crippen molar-refractivity contribution in [2.75, 3.05) is 5.32 Å². The lowest BCUT2D eigenvalue weighted by molar-refractivity contribution is 0.102.